The molecule has 98 valence electrons. The van der Waals surface area contributed by atoms with Crippen LogP contribution in [-0.4, -0.2) is 0 Å². The average Bonchev–Trinajstić information content (AvgIpc) is 2.91. The zero-order valence-corrected chi connectivity index (χ0v) is 14.9. The predicted molar refractivity (Wildman–Crippen MR) is 89.2 cm³/mol. The van der Waals surface area contributed by atoms with E-state index in [0.29, 0.717) is 0 Å². The van der Waals surface area contributed by atoms with Crippen molar-refractivity contribution in [2.45, 2.75) is 5.38 Å². The molecule has 0 N–H and O–H groups in total. The molecule has 19 heavy (non-hydrogen) atoms. The molecule has 6 heteroatoms. The van der Waals surface area contributed by atoms with Crippen LogP contribution in [0, 0.1) is 5.82 Å². The summed E-state index contributed by atoms with van der Waals surface area (Å²) in [5, 5.41) is 0.801. The molecule has 2 aromatic heterocycles. The second-order valence-corrected chi connectivity index (χ2v) is 9.27. The molecule has 0 bridgehead atoms. The minimum absolute atomic E-state index is 0.216. The Morgan fingerprint density at radius 3 is 2.58 bits per heavy atom. The maximum absolute atomic E-state index is 13.2. The summed E-state index contributed by atoms with van der Waals surface area (Å²) in [5.74, 6) is -0.216. The van der Waals surface area contributed by atoms with Crippen molar-refractivity contribution in [2.75, 3.05) is 0 Å². The zero-order chi connectivity index (χ0) is 13.6. The summed E-state index contributed by atoms with van der Waals surface area (Å²) < 4.78 is 16.2. The van der Waals surface area contributed by atoms with Crippen LogP contribution in [0.3, 0.4) is 0 Å². The van der Waals surface area contributed by atoms with Gasteiger partial charge in [-0.05, 0) is 61.5 Å². The van der Waals surface area contributed by atoms with E-state index in [2.05, 4.69) is 31.9 Å². The third-order valence-electron chi connectivity index (χ3n) is 2.71. The van der Waals surface area contributed by atoms with Gasteiger partial charge in [0.2, 0.25) is 0 Å². The first-order valence-corrected chi connectivity index (χ1v) is 8.98. The van der Waals surface area contributed by atoms with E-state index in [-0.39, 0.29) is 11.2 Å². The molecule has 3 rings (SSSR count). The van der Waals surface area contributed by atoms with Crippen LogP contribution in [0.2, 0.25) is 0 Å². The highest BCUT2D eigenvalue weighted by atomic mass is 79.9. The van der Waals surface area contributed by atoms with E-state index in [0.717, 1.165) is 28.1 Å². The van der Waals surface area contributed by atoms with Crippen molar-refractivity contribution in [1.82, 2.24) is 0 Å². The number of thiophene rings is 2. The molecule has 1 unspecified atom stereocenters. The molecule has 0 amide bonds. The zero-order valence-electron chi connectivity index (χ0n) is 9.29. The Kier molecular flexibility index (Phi) is 4.02. The SMILES string of the molecule is Fc1ccc2cc(C(Cl)c3cc(Br)sc3Br)sc2c1. The van der Waals surface area contributed by atoms with Gasteiger partial charge in [0.25, 0.3) is 0 Å². The predicted octanol–water partition coefficient (Wildman–Crippen LogP) is 6.96. The minimum atomic E-state index is -0.225. The quantitative estimate of drug-likeness (QED) is 0.378. The van der Waals surface area contributed by atoms with E-state index < -0.39 is 0 Å². The molecule has 2 heterocycles. The van der Waals surface area contributed by atoms with Gasteiger partial charge in [0.05, 0.1) is 12.9 Å². The van der Waals surface area contributed by atoms with Gasteiger partial charge in [-0.25, -0.2) is 4.39 Å². The van der Waals surface area contributed by atoms with E-state index in [1.54, 1.807) is 23.5 Å². The van der Waals surface area contributed by atoms with E-state index >= 15 is 0 Å². The molecule has 3 aromatic rings. The van der Waals surface area contributed by atoms with Gasteiger partial charge in [-0.15, -0.1) is 34.3 Å². The van der Waals surface area contributed by atoms with Crippen LogP contribution in [-0.2, 0) is 0 Å². The second kappa shape index (κ2) is 5.45. The summed E-state index contributed by atoms with van der Waals surface area (Å²) in [4.78, 5) is 1.02. The number of rotatable bonds is 2. The van der Waals surface area contributed by atoms with Gasteiger partial charge in [-0.2, -0.15) is 0 Å². The Labute approximate surface area is 139 Å². The maximum atomic E-state index is 13.2. The molecule has 0 fully saturated rings. The highest BCUT2D eigenvalue weighted by Crippen LogP contribution is 2.43. The highest BCUT2D eigenvalue weighted by molar-refractivity contribution is 9.12. The molecule has 0 spiro atoms. The summed E-state index contributed by atoms with van der Waals surface area (Å²) in [7, 11) is 0. The standard InChI is InChI=1S/C13H6Br2ClFS2/c14-11-5-8(13(15)19-11)12(16)10-3-6-1-2-7(17)4-9(6)18-10/h1-5,12H. The smallest absolute Gasteiger partial charge is 0.124 e. The lowest BCUT2D eigenvalue weighted by Gasteiger charge is -2.05. The van der Waals surface area contributed by atoms with Crippen molar-refractivity contribution in [3.63, 3.8) is 0 Å². The largest absolute Gasteiger partial charge is 0.207 e. The van der Waals surface area contributed by atoms with Crippen molar-refractivity contribution in [3.8, 4) is 0 Å². The molecule has 1 aromatic carbocycles. The molecule has 0 nitrogen and oxygen atoms in total. The van der Waals surface area contributed by atoms with E-state index in [1.165, 1.54) is 17.4 Å². The van der Waals surface area contributed by atoms with Gasteiger partial charge in [0, 0.05) is 15.1 Å². The Morgan fingerprint density at radius 1 is 1.11 bits per heavy atom. The molecular formula is C13H6Br2ClFS2. The van der Waals surface area contributed by atoms with Gasteiger partial charge < -0.3 is 0 Å². The number of hydrogen-bond acceptors (Lipinski definition) is 2. The van der Waals surface area contributed by atoms with Gasteiger partial charge in [-0.3, -0.25) is 0 Å². The van der Waals surface area contributed by atoms with Gasteiger partial charge in [0.15, 0.2) is 0 Å². The van der Waals surface area contributed by atoms with Crippen molar-refractivity contribution in [1.29, 1.82) is 0 Å². The van der Waals surface area contributed by atoms with Crippen molar-refractivity contribution in [3.05, 3.63) is 54.2 Å². The fourth-order valence-electron chi connectivity index (χ4n) is 1.83. The molecule has 0 saturated heterocycles. The summed E-state index contributed by atoms with van der Waals surface area (Å²) in [6.45, 7) is 0. The molecule has 0 radical (unpaired) electrons. The molecule has 0 aliphatic carbocycles. The van der Waals surface area contributed by atoms with Crippen molar-refractivity contribution >= 4 is 76.2 Å². The fraction of sp³-hybridized carbons (Fsp3) is 0.0769. The lowest BCUT2D eigenvalue weighted by Crippen LogP contribution is -1.87. The van der Waals surface area contributed by atoms with E-state index in [4.69, 9.17) is 11.6 Å². The number of benzene rings is 1. The topological polar surface area (TPSA) is 0 Å². The van der Waals surface area contributed by atoms with Gasteiger partial charge in [-0.1, -0.05) is 6.07 Å². The lowest BCUT2D eigenvalue weighted by molar-refractivity contribution is 0.630. The summed E-state index contributed by atoms with van der Waals surface area (Å²) >= 11 is 16.6. The molecule has 0 saturated carbocycles. The average molecular weight is 441 g/mol. The van der Waals surface area contributed by atoms with Crippen molar-refractivity contribution < 1.29 is 4.39 Å². The molecule has 1 atom stereocenters. The minimum Gasteiger partial charge on any atom is -0.207 e. The third kappa shape index (κ3) is 2.76. The Hall–Kier alpha value is 0.0600. The fourth-order valence-corrected chi connectivity index (χ4v) is 6.38. The second-order valence-electron chi connectivity index (χ2n) is 3.97. The van der Waals surface area contributed by atoms with Gasteiger partial charge in [0.1, 0.15) is 5.82 Å². The third-order valence-corrected chi connectivity index (χ3v) is 6.86. The highest BCUT2D eigenvalue weighted by Gasteiger charge is 2.19. The van der Waals surface area contributed by atoms with Crippen LogP contribution in [0.25, 0.3) is 10.1 Å². The first-order valence-electron chi connectivity index (χ1n) is 5.32. The Morgan fingerprint density at radius 2 is 1.89 bits per heavy atom. The van der Waals surface area contributed by atoms with E-state index in [1.807, 2.05) is 12.1 Å². The molecule has 0 aliphatic heterocycles. The number of hydrogen-bond donors (Lipinski definition) is 0. The normalized spacial score (nSPS) is 13.1. The van der Waals surface area contributed by atoms with Crippen LogP contribution < -0.4 is 0 Å². The summed E-state index contributed by atoms with van der Waals surface area (Å²) in [5.41, 5.74) is 1.03. The molecule has 0 aliphatic rings. The number of alkyl halides is 1. The van der Waals surface area contributed by atoms with Crippen LogP contribution in [0.5, 0.6) is 0 Å². The van der Waals surface area contributed by atoms with Crippen LogP contribution in [0.15, 0.2) is 37.9 Å². The monoisotopic (exact) mass is 438 g/mol. The number of fused-ring (bicyclic) bond motifs is 1. The molecular weight excluding hydrogens is 435 g/mol. The van der Waals surface area contributed by atoms with Crippen molar-refractivity contribution in [2.24, 2.45) is 0 Å². The first kappa shape index (κ1) is 14.0. The Balaban J connectivity index is 2.06. The maximum Gasteiger partial charge on any atom is 0.124 e. The van der Waals surface area contributed by atoms with Crippen LogP contribution in [0.1, 0.15) is 15.8 Å². The van der Waals surface area contributed by atoms with Crippen LogP contribution in [0.4, 0.5) is 4.39 Å². The van der Waals surface area contributed by atoms with E-state index in [9.17, 15) is 4.39 Å². The first-order chi connectivity index (χ1) is 9.04. The summed E-state index contributed by atoms with van der Waals surface area (Å²) in [6.07, 6.45) is 0. The Bertz CT molecular complexity index is 750. The summed E-state index contributed by atoms with van der Waals surface area (Å²) in [6, 6.07) is 8.84. The number of halogens is 4. The van der Waals surface area contributed by atoms with Crippen LogP contribution >= 0.6 is 66.1 Å². The lowest BCUT2D eigenvalue weighted by atomic mass is 10.2. The van der Waals surface area contributed by atoms with Gasteiger partial charge >= 0.3 is 0 Å².